The van der Waals surface area contributed by atoms with Crippen LogP contribution in [0, 0.1) is 0 Å². The molecule has 17 heavy (non-hydrogen) atoms. The Balaban J connectivity index is 2.32. The van der Waals surface area contributed by atoms with Gasteiger partial charge in [-0.1, -0.05) is 19.8 Å². The van der Waals surface area contributed by atoms with Crippen LogP contribution < -0.4 is 5.32 Å². The summed E-state index contributed by atoms with van der Waals surface area (Å²) in [4.78, 5) is 0. The van der Waals surface area contributed by atoms with Crippen LogP contribution in [0.4, 0.5) is 0 Å². The molecule has 4 heteroatoms. The van der Waals surface area contributed by atoms with Gasteiger partial charge in [0.2, 0.25) is 0 Å². The Morgan fingerprint density at radius 3 is 3.06 bits per heavy atom. The van der Waals surface area contributed by atoms with Crippen molar-refractivity contribution in [2.75, 3.05) is 6.54 Å². The third-order valence-electron chi connectivity index (χ3n) is 3.62. The van der Waals surface area contributed by atoms with Gasteiger partial charge in [-0.25, -0.2) is 0 Å². The highest BCUT2D eigenvalue weighted by Crippen LogP contribution is 2.34. The molecule has 0 saturated carbocycles. The Kier molecular flexibility index (Phi) is 4.26. The van der Waals surface area contributed by atoms with Crippen molar-refractivity contribution in [3.63, 3.8) is 0 Å². The number of nitrogens with zero attached hydrogens (tertiary/aromatic N) is 2. The molecule has 1 aliphatic heterocycles. The number of hydrogen-bond acceptors (Lipinski definition) is 2. The predicted molar refractivity (Wildman–Crippen MR) is 74.0 cm³/mol. The first-order valence-electron chi connectivity index (χ1n) is 6.64. The third kappa shape index (κ3) is 2.74. The number of hydrogen-bond donors (Lipinski definition) is 1. The Morgan fingerprint density at radius 2 is 2.29 bits per heavy atom. The molecule has 1 aliphatic rings. The van der Waals surface area contributed by atoms with E-state index in [1.807, 2.05) is 6.20 Å². The van der Waals surface area contributed by atoms with Crippen LogP contribution in [0.5, 0.6) is 0 Å². The van der Waals surface area contributed by atoms with E-state index in [1.165, 1.54) is 31.4 Å². The smallest absolute Gasteiger partial charge is 0.0724 e. The minimum atomic E-state index is 0.0704. The second-order valence-corrected chi connectivity index (χ2v) is 5.99. The van der Waals surface area contributed by atoms with Gasteiger partial charge in [0.15, 0.2) is 0 Å². The number of halogens is 1. The van der Waals surface area contributed by atoms with Crippen LogP contribution >= 0.6 is 15.9 Å². The first-order chi connectivity index (χ1) is 8.17. The van der Waals surface area contributed by atoms with Gasteiger partial charge < -0.3 is 5.32 Å². The van der Waals surface area contributed by atoms with Gasteiger partial charge >= 0.3 is 0 Å². The van der Waals surface area contributed by atoms with E-state index in [0.29, 0.717) is 0 Å². The van der Waals surface area contributed by atoms with Crippen LogP contribution in [-0.4, -0.2) is 16.3 Å². The molecule has 2 rings (SSSR count). The van der Waals surface area contributed by atoms with Gasteiger partial charge in [0.1, 0.15) is 0 Å². The molecule has 1 aromatic rings. The quantitative estimate of drug-likeness (QED) is 0.927. The van der Waals surface area contributed by atoms with Crippen molar-refractivity contribution in [1.82, 2.24) is 15.1 Å². The van der Waals surface area contributed by atoms with Crippen LogP contribution in [0.15, 0.2) is 10.7 Å². The van der Waals surface area contributed by atoms with Crippen molar-refractivity contribution in [2.45, 2.75) is 58.0 Å². The highest BCUT2D eigenvalue weighted by atomic mass is 79.9. The maximum Gasteiger partial charge on any atom is 0.0724 e. The van der Waals surface area contributed by atoms with Gasteiger partial charge in [-0.2, -0.15) is 5.10 Å². The average molecular weight is 300 g/mol. The second-order valence-electron chi connectivity index (χ2n) is 5.13. The maximum absolute atomic E-state index is 4.49. The molecular formula is C13H22BrN3. The van der Waals surface area contributed by atoms with E-state index in [9.17, 15) is 0 Å². The highest BCUT2D eigenvalue weighted by Gasteiger charge is 2.32. The molecule has 3 nitrogen and oxygen atoms in total. The van der Waals surface area contributed by atoms with E-state index in [1.54, 1.807) is 0 Å². The Hall–Kier alpha value is -0.350. The summed E-state index contributed by atoms with van der Waals surface area (Å²) in [5, 5.41) is 8.20. The molecule has 1 saturated heterocycles. The molecule has 1 fully saturated rings. The zero-order valence-electron chi connectivity index (χ0n) is 10.8. The standard InChI is InChI=1S/C13H22BrN3/c1-3-9-17-12(11(14)10-16-17)13(2)7-5-4-6-8-15-13/h10,15H,3-9H2,1-2H3. The fraction of sp³-hybridized carbons (Fsp3) is 0.769. The SMILES string of the molecule is CCCn1ncc(Br)c1C1(C)CCCCCN1. The highest BCUT2D eigenvalue weighted by molar-refractivity contribution is 9.10. The lowest BCUT2D eigenvalue weighted by Gasteiger charge is -2.30. The van der Waals surface area contributed by atoms with Crippen LogP contribution in [-0.2, 0) is 12.1 Å². The van der Waals surface area contributed by atoms with E-state index < -0.39 is 0 Å². The fourth-order valence-corrected chi connectivity index (χ4v) is 3.46. The van der Waals surface area contributed by atoms with Crippen LogP contribution in [0.3, 0.4) is 0 Å². The molecule has 1 N–H and O–H groups in total. The van der Waals surface area contributed by atoms with Crippen LogP contribution in [0.1, 0.15) is 51.6 Å². The summed E-state index contributed by atoms with van der Waals surface area (Å²) < 4.78 is 3.30. The molecule has 0 bridgehead atoms. The van der Waals surface area contributed by atoms with Gasteiger partial charge in [-0.15, -0.1) is 0 Å². The maximum atomic E-state index is 4.49. The Labute approximate surface area is 112 Å². The summed E-state index contributed by atoms with van der Waals surface area (Å²) in [5.74, 6) is 0. The first-order valence-corrected chi connectivity index (χ1v) is 7.43. The molecule has 0 radical (unpaired) electrons. The minimum Gasteiger partial charge on any atom is -0.306 e. The number of rotatable bonds is 3. The Morgan fingerprint density at radius 1 is 1.47 bits per heavy atom. The topological polar surface area (TPSA) is 29.9 Å². The van der Waals surface area contributed by atoms with Gasteiger partial charge in [-0.3, -0.25) is 4.68 Å². The molecule has 1 unspecified atom stereocenters. The van der Waals surface area contributed by atoms with Crippen LogP contribution in [0.25, 0.3) is 0 Å². The van der Waals surface area contributed by atoms with E-state index in [2.05, 4.69) is 44.9 Å². The largest absolute Gasteiger partial charge is 0.306 e. The molecule has 0 aliphatic carbocycles. The average Bonchev–Trinajstić information content (AvgIpc) is 2.53. The van der Waals surface area contributed by atoms with Crippen molar-refractivity contribution < 1.29 is 0 Å². The van der Waals surface area contributed by atoms with Crippen molar-refractivity contribution in [2.24, 2.45) is 0 Å². The summed E-state index contributed by atoms with van der Waals surface area (Å²) in [6.07, 6.45) is 8.17. The number of nitrogens with one attached hydrogen (secondary N) is 1. The minimum absolute atomic E-state index is 0.0704. The second kappa shape index (κ2) is 5.53. The lowest BCUT2D eigenvalue weighted by atomic mass is 9.92. The number of aryl methyl sites for hydroxylation is 1. The summed E-state index contributed by atoms with van der Waals surface area (Å²) in [6.45, 7) is 6.62. The van der Waals surface area contributed by atoms with Crippen molar-refractivity contribution in [3.05, 3.63) is 16.4 Å². The molecule has 1 aromatic heterocycles. The summed E-state index contributed by atoms with van der Waals surface area (Å²) in [6, 6.07) is 0. The van der Waals surface area contributed by atoms with Crippen molar-refractivity contribution >= 4 is 15.9 Å². The van der Waals surface area contributed by atoms with Gasteiger partial charge in [0.25, 0.3) is 0 Å². The summed E-state index contributed by atoms with van der Waals surface area (Å²) in [7, 11) is 0. The van der Waals surface area contributed by atoms with E-state index >= 15 is 0 Å². The molecule has 96 valence electrons. The lowest BCUT2D eigenvalue weighted by molar-refractivity contribution is 0.326. The van der Waals surface area contributed by atoms with Gasteiger partial charge in [0.05, 0.1) is 21.9 Å². The van der Waals surface area contributed by atoms with Crippen molar-refractivity contribution in [3.8, 4) is 0 Å². The number of aromatic nitrogens is 2. The molecule has 1 atom stereocenters. The summed E-state index contributed by atoms with van der Waals surface area (Å²) >= 11 is 3.66. The third-order valence-corrected chi connectivity index (χ3v) is 4.20. The van der Waals surface area contributed by atoms with Crippen LogP contribution in [0.2, 0.25) is 0 Å². The zero-order valence-corrected chi connectivity index (χ0v) is 12.4. The van der Waals surface area contributed by atoms with E-state index in [0.717, 1.165) is 24.0 Å². The molecule has 0 spiro atoms. The first kappa shape index (κ1) is 13.1. The van der Waals surface area contributed by atoms with E-state index in [4.69, 9.17) is 0 Å². The van der Waals surface area contributed by atoms with Gasteiger partial charge in [-0.05, 0) is 48.7 Å². The molecule has 0 amide bonds. The Bertz CT molecular complexity index is 365. The molecule has 0 aromatic carbocycles. The normalized spacial score (nSPS) is 25.8. The molecular weight excluding hydrogens is 278 g/mol. The molecule has 2 heterocycles. The monoisotopic (exact) mass is 299 g/mol. The van der Waals surface area contributed by atoms with E-state index in [-0.39, 0.29) is 5.54 Å². The fourth-order valence-electron chi connectivity index (χ4n) is 2.73. The van der Waals surface area contributed by atoms with Crippen molar-refractivity contribution in [1.29, 1.82) is 0 Å². The predicted octanol–water partition coefficient (Wildman–Crippen LogP) is 3.43. The zero-order chi connectivity index (χ0) is 12.3. The lowest BCUT2D eigenvalue weighted by Crippen LogP contribution is -2.41. The summed E-state index contributed by atoms with van der Waals surface area (Å²) in [5.41, 5.74) is 1.39. The van der Waals surface area contributed by atoms with Gasteiger partial charge in [0, 0.05) is 6.54 Å².